The number of hydrogen-bond acceptors (Lipinski definition) is 4. The molecule has 1 aromatic carbocycles. The minimum absolute atomic E-state index is 0.254. The number of benzene rings is 1. The van der Waals surface area contributed by atoms with E-state index in [0.717, 1.165) is 18.6 Å². The maximum Gasteiger partial charge on any atom is 0.227 e. The molecule has 0 saturated heterocycles. The van der Waals surface area contributed by atoms with E-state index in [-0.39, 0.29) is 11.7 Å². The molecule has 2 rings (SSSR count). The molecule has 0 aliphatic rings. The standard InChI is InChI=1S/C15H19F2N3O/c1-9(2)5-10(8-18)6-14-19-15(20-21-14)11-3-4-12(16)13(17)7-11/h3-4,7,9-10H,5-6,8,18H2,1-2H3/t10-/m0/s1. The molecule has 6 heteroatoms. The van der Waals surface area contributed by atoms with E-state index in [0.29, 0.717) is 30.3 Å². The Morgan fingerprint density at radius 2 is 2.00 bits per heavy atom. The minimum Gasteiger partial charge on any atom is -0.339 e. The zero-order valence-electron chi connectivity index (χ0n) is 12.1. The molecule has 21 heavy (non-hydrogen) atoms. The van der Waals surface area contributed by atoms with Gasteiger partial charge in [0.15, 0.2) is 11.6 Å². The van der Waals surface area contributed by atoms with Crippen LogP contribution in [0.2, 0.25) is 0 Å². The van der Waals surface area contributed by atoms with E-state index in [4.69, 9.17) is 10.3 Å². The fraction of sp³-hybridized carbons (Fsp3) is 0.467. The highest BCUT2D eigenvalue weighted by atomic mass is 19.2. The molecule has 0 aliphatic heterocycles. The van der Waals surface area contributed by atoms with E-state index in [9.17, 15) is 8.78 Å². The molecule has 1 atom stereocenters. The van der Waals surface area contributed by atoms with Crippen molar-refractivity contribution in [2.45, 2.75) is 26.7 Å². The average molecular weight is 295 g/mol. The third-order valence-corrected chi connectivity index (χ3v) is 3.25. The van der Waals surface area contributed by atoms with E-state index in [2.05, 4.69) is 24.0 Å². The Kier molecular flexibility index (Phi) is 5.01. The number of hydrogen-bond donors (Lipinski definition) is 1. The van der Waals surface area contributed by atoms with E-state index in [1.165, 1.54) is 6.07 Å². The summed E-state index contributed by atoms with van der Waals surface area (Å²) in [5, 5.41) is 3.81. The summed E-state index contributed by atoms with van der Waals surface area (Å²) in [5.74, 6) is -0.313. The van der Waals surface area contributed by atoms with Crippen LogP contribution in [0.4, 0.5) is 8.78 Å². The molecule has 114 valence electrons. The quantitative estimate of drug-likeness (QED) is 0.889. The van der Waals surface area contributed by atoms with Gasteiger partial charge in [-0.15, -0.1) is 0 Å². The summed E-state index contributed by atoms with van der Waals surface area (Å²) >= 11 is 0. The van der Waals surface area contributed by atoms with Crippen molar-refractivity contribution in [1.82, 2.24) is 10.1 Å². The van der Waals surface area contributed by atoms with Gasteiger partial charge in [0.2, 0.25) is 11.7 Å². The van der Waals surface area contributed by atoms with Crippen molar-refractivity contribution in [3.05, 3.63) is 35.7 Å². The largest absolute Gasteiger partial charge is 0.339 e. The molecule has 0 saturated carbocycles. The smallest absolute Gasteiger partial charge is 0.227 e. The van der Waals surface area contributed by atoms with Crippen molar-refractivity contribution >= 4 is 0 Å². The van der Waals surface area contributed by atoms with Crippen LogP contribution in [0.1, 0.15) is 26.2 Å². The zero-order chi connectivity index (χ0) is 15.4. The number of nitrogens with two attached hydrogens (primary N) is 1. The van der Waals surface area contributed by atoms with Crippen LogP contribution in [0.25, 0.3) is 11.4 Å². The van der Waals surface area contributed by atoms with Gasteiger partial charge in [-0.25, -0.2) is 8.78 Å². The summed E-state index contributed by atoms with van der Waals surface area (Å²) < 4.78 is 31.3. The Labute approximate surface area is 122 Å². The predicted octanol–water partition coefficient (Wildman–Crippen LogP) is 3.18. The summed E-state index contributed by atoms with van der Waals surface area (Å²) in [5.41, 5.74) is 6.13. The summed E-state index contributed by atoms with van der Waals surface area (Å²) in [6.07, 6.45) is 1.56. The summed E-state index contributed by atoms with van der Waals surface area (Å²) in [6, 6.07) is 3.52. The van der Waals surface area contributed by atoms with Crippen LogP contribution in [-0.4, -0.2) is 16.7 Å². The zero-order valence-corrected chi connectivity index (χ0v) is 12.1. The van der Waals surface area contributed by atoms with Gasteiger partial charge >= 0.3 is 0 Å². The minimum atomic E-state index is -0.932. The summed E-state index contributed by atoms with van der Waals surface area (Å²) in [7, 11) is 0. The van der Waals surface area contributed by atoms with Crippen LogP contribution in [0.5, 0.6) is 0 Å². The molecule has 2 aromatic rings. The fourth-order valence-corrected chi connectivity index (χ4v) is 2.27. The molecular weight excluding hydrogens is 276 g/mol. The molecule has 1 heterocycles. The Morgan fingerprint density at radius 1 is 1.24 bits per heavy atom. The molecule has 0 spiro atoms. The summed E-state index contributed by atoms with van der Waals surface area (Å²) in [4.78, 5) is 4.22. The molecular formula is C15H19F2N3O. The van der Waals surface area contributed by atoms with Crippen LogP contribution in [0, 0.1) is 23.5 Å². The van der Waals surface area contributed by atoms with Crippen molar-refractivity contribution in [2.24, 2.45) is 17.6 Å². The molecule has 0 aliphatic carbocycles. The number of halogens is 2. The number of nitrogens with zero attached hydrogens (tertiary/aromatic N) is 2. The highest BCUT2D eigenvalue weighted by Gasteiger charge is 2.16. The number of aromatic nitrogens is 2. The Bertz CT molecular complexity index is 598. The van der Waals surface area contributed by atoms with Gasteiger partial charge < -0.3 is 10.3 Å². The lowest BCUT2D eigenvalue weighted by molar-refractivity contribution is 0.332. The second-order valence-electron chi connectivity index (χ2n) is 5.58. The second-order valence-corrected chi connectivity index (χ2v) is 5.58. The van der Waals surface area contributed by atoms with Crippen molar-refractivity contribution in [1.29, 1.82) is 0 Å². The summed E-state index contributed by atoms with van der Waals surface area (Å²) in [6.45, 7) is 4.80. The van der Waals surface area contributed by atoms with E-state index in [1.807, 2.05) is 0 Å². The van der Waals surface area contributed by atoms with Gasteiger partial charge in [0.25, 0.3) is 0 Å². The molecule has 2 N–H and O–H groups in total. The van der Waals surface area contributed by atoms with Gasteiger partial charge in [0.05, 0.1) is 0 Å². The van der Waals surface area contributed by atoms with Gasteiger partial charge in [0.1, 0.15) is 0 Å². The monoisotopic (exact) mass is 295 g/mol. The van der Waals surface area contributed by atoms with Crippen molar-refractivity contribution in [3.63, 3.8) is 0 Å². The van der Waals surface area contributed by atoms with Gasteiger partial charge in [0, 0.05) is 12.0 Å². The van der Waals surface area contributed by atoms with Crippen LogP contribution >= 0.6 is 0 Å². The third kappa shape index (κ3) is 4.07. The molecule has 1 aromatic heterocycles. The Balaban J connectivity index is 2.11. The van der Waals surface area contributed by atoms with Crippen molar-refractivity contribution in [3.8, 4) is 11.4 Å². The third-order valence-electron chi connectivity index (χ3n) is 3.25. The molecule has 0 radical (unpaired) electrons. The lowest BCUT2D eigenvalue weighted by atomic mass is 9.94. The highest BCUT2D eigenvalue weighted by molar-refractivity contribution is 5.54. The normalized spacial score (nSPS) is 12.9. The fourth-order valence-electron chi connectivity index (χ4n) is 2.27. The maximum absolute atomic E-state index is 13.2. The van der Waals surface area contributed by atoms with Crippen LogP contribution in [0.15, 0.2) is 22.7 Å². The van der Waals surface area contributed by atoms with Gasteiger partial charge in [-0.3, -0.25) is 0 Å². The maximum atomic E-state index is 13.2. The highest BCUT2D eigenvalue weighted by Crippen LogP contribution is 2.21. The first-order valence-electron chi connectivity index (χ1n) is 6.97. The van der Waals surface area contributed by atoms with Crippen LogP contribution in [0.3, 0.4) is 0 Å². The van der Waals surface area contributed by atoms with E-state index in [1.54, 1.807) is 0 Å². The van der Waals surface area contributed by atoms with Gasteiger partial charge in [-0.05, 0) is 43.0 Å². The first-order chi connectivity index (χ1) is 9.99. The molecule has 0 amide bonds. The second kappa shape index (κ2) is 6.76. The molecule has 0 fully saturated rings. The Morgan fingerprint density at radius 3 is 2.62 bits per heavy atom. The van der Waals surface area contributed by atoms with E-state index >= 15 is 0 Å². The SMILES string of the molecule is CC(C)C[C@H](CN)Cc1nc(-c2ccc(F)c(F)c2)no1. The Hall–Kier alpha value is -1.82. The number of rotatable bonds is 6. The van der Waals surface area contributed by atoms with Gasteiger partial charge in [-0.2, -0.15) is 4.98 Å². The first-order valence-corrected chi connectivity index (χ1v) is 6.97. The topological polar surface area (TPSA) is 64.9 Å². The van der Waals surface area contributed by atoms with Crippen LogP contribution < -0.4 is 5.73 Å². The van der Waals surface area contributed by atoms with Crippen molar-refractivity contribution < 1.29 is 13.3 Å². The lowest BCUT2D eigenvalue weighted by Gasteiger charge is -2.14. The molecule has 0 unspecified atom stereocenters. The predicted molar refractivity (Wildman–Crippen MR) is 75.4 cm³/mol. The average Bonchev–Trinajstić information content (AvgIpc) is 2.89. The molecule has 4 nitrogen and oxygen atoms in total. The first kappa shape index (κ1) is 15.6. The van der Waals surface area contributed by atoms with E-state index < -0.39 is 11.6 Å². The van der Waals surface area contributed by atoms with Crippen LogP contribution in [-0.2, 0) is 6.42 Å². The lowest BCUT2D eigenvalue weighted by Crippen LogP contribution is -2.19. The van der Waals surface area contributed by atoms with Gasteiger partial charge in [-0.1, -0.05) is 19.0 Å². The molecule has 0 bridgehead atoms. The van der Waals surface area contributed by atoms with Crippen molar-refractivity contribution in [2.75, 3.05) is 6.54 Å².